The average molecular weight is 343 g/mol. The molecule has 23 heavy (non-hydrogen) atoms. The van der Waals surface area contributed by atoms with E-state index in [1.807, 2.05) is 14.0 Å². The SMILES string of the molecule is CCN(CCNC(=NC)NC1CCCC(S(=O)CC)C1)C1CC1. The largest absolute Gasteiger partial charge is 0.355 e. The lowest BCUT2D eigenvalue weighted by molar-refractivity contribution is 0.281. The van der Waals surface area contributed by atoms with Gasteiger partial charge in [-0.3, -0.25) is 14.1 Å². The van der Waals surface area contributed by atoms with Crippen molar-refractivity contribution in [3.63, 3.8) is 0 Å². The summed E-state index contributed by atoms with van der Waals surface area (Å²) in [4.78, 5) is 6.90. The van der Waals surface area contributed by atoms with Gasteiger partial charge in [0.1, 0.15) is 0 Å². The van der Waals surface area contributed by atoms with Gasteiger partial charge in [-0.2, -0.15) is 0 Å². The van der Waals surface area contributed by atoms with Gasteiger partial charge in [-0.15, -0.1) is 0 Å². The van der Waals surface area contributed by atoms with Crippen LogP contribution in [0.2, 0.25) is 0 Å². The first-order chi connectivity index (χ1) is 11.2. The Morgan fingerprint density at radius 1 is 1.26 bits per heavy atom. The molecule has 3 atom stereocenters. The number of nitrogens with one attached hydrogen (secondary N) is 2. The van der Waals surface area contributed by atoms with Gasteiger partial charge in [0.2, 0.25) is 0 Å². The third-order valence-electron chi connectivity index (χ3n) is 5.01. The maximum atomic E-state index is 12.0. The Hall–Kier alpha value is -0.620. The fourth-order valence-electron chi connectivity index (χ4n) is 3.49. The molecule has 3 unspecified atom stereocenters. The van der Waals surface area contributed by atoms with E-state index in [1.165, 1.54) is 12.8 Å². The number of likely N-dealkylation sites (N-methyl/N-ethyl adjacent to an activating group) is 1. The van der Waals surface area contributed by atoms with Gasteiger partial charge in [0.25, 0.3) is 0 Å². The van der Waals surface area contributed by atoms with E-state index in [0.29, 0.717) is 11.3 Å². The highest BCUT2D eigenvalue weighted by molar-refractivity contribution is 7.85. The van der Waals surface area contributed by atoms with Crippen LogP contribution in [0, 0.1) is 0 Å². The van der Waals surface area contributed by atoms with Crippen LogP contribution < -0.4 is 10.6 Å². The normalized spacial score (nSPS) is 27.0. The zero-order valence-electron chi connectivity index (χ0n) is 15.0. The van der Waals surface area contributed by atoms with Gasteiger partial charge in [0, 0.05) is 54.0 Å². The van der Waals surface area contributed by atoms with Gasteiger partial charge >= 0.3 is 0 Å². The second kappa shape index (κ2) is 9.62. The summed E-state index contributed by atoms with van der Waals surface area (Å²) in [6.07, 6.45) is 7.15. The molecule has 2 aliphatic carbocycles. The summed E-state index contributed by atoms with van der Waals surface area (Å²) < 4.78 is 12.0. The lowest BCUT2D eigenvalue weighted by atomic mass is 9.95. The molecule has 0 amide bonds. The quantitative estimate of drug-likeness (QED) is 0.521. The molecule has 5 nitrogen and oxygen atoms in total. The molecular weight excluding hydrogens is 308 g/mol. The Balaban J connectivity index is 1.72. The molecule has 0 radical (unpaired) electrons. The molecule has 0 heterocycles. The van der Waals surface area contributed by atoms with E-state index in [0.717, 1.165) is 63.1 Å². The van der Waals surface area contributed by atoms with Gasteiger partial charge < -0.3 is 10.6 Å². The number of hydrogen-bond donors (Lipinski definition) is 2. The average Bonchev–Trinajstić information content (AvgIpc) is 3.42. The standard InChI is InChI=1S/C17H34N4OS/c1-4-21(15-9-10-15)12-11-19-17(18-3)20-14-7-6-8-16(13-14)23(22)5-2/h14-16H,4-13H2,1-3H3,(H2,18,19,20). The molecule has 0 aromatic heterocycles. The molecule has 2 N–H and O–H groups in total. The minimum atomic E-state index is -0.669. The zero-order chi connectivity index (χ0) is 16.7. The topological polar surface area (TPSA) is 56.7 Å². The zero-order valence-corrected chi connectivity index (χ0v) is 15.8. The van der Waals surface area contributed by atoms with Crippen LogP contribution in [0.5, 0.6) is 0 Å². The molecule has 0 aliphatic heterocycles. The van der Waals surface area contributed by atoms with E-state index in [1.54, 1.807) is 0 Å². The van der Waals surface area contributed by atoms with Crippen LogP contribution in [-0.4, -0.2) is 64.8 Å². The Bertz CT molecular complexity index is 411. The van der Waals surface area contributed by atoms with Crippen LogP contribution in [0.25, 0.3) is 0 Å². The molecule has 0 bridgehead atoms. The molecule has 2 fully saturated rings. The third kappa shape index (κ3) is 6.07. The van der Waals surface area contributed by atoms with Crippen molar-refractivity contribution in [1.29, 1.82) is 0 Å². The highest BCUT2D eigenvalue weighted by Crippen LogP contribution is 2.26. The van der Waals surface area contributed by atoms with E-state index in [-0.39, 0.29) is 0 Å². The molecule has 134 valence electrons. The molecule has 0 aromatic rings. The molecule has 2 aliphatic rings. The van der Waals surface area contributed by atoms with Gasteiger partial charge in [-0.1, -0.05) is 20.3 Å². The fourth-order valence-corrected chi connectivity index (χ4v) is 4.84. The van der Waals surface area contributed by atoms with Crippen molar-refractivity contribution in [2.45, 2.75) is 69.7 Å². The lowest BCUT2D eigenvalue weighted by Gasteiger charge is -2.30. The molecule has 0 saturated heterocycles. The van der Waals surface area contributed by atoms with Crippen LogP contribution in [0.4, 0.5) is 0 Å². The Morgan fingerprint density at radius 3 is 2.65 bits per heavy atom. The second-order valence-corrected chi connectivity index (χ2v) is 8.66. The summed E-state index contributed by atoms with van der Waals surface area (Å²) in [5.41, 5.74) is 0. The summed E-state index contributed by atoms with van der Waals surface area (Å²) in [5, 5.41) is 7.34. The van der Waals surface area contributed by atoms with Gasteiger partial charge in [-0.05, 0) is 38.6 Å². The second-order valence-electron chi connectivity index (χ2n) is 6.66. The summed E-state index contributed by atoms with van der Waals surface area (Å²) in [6, 6.07) is 1.22. The van der Waals surface area contributed by atoms with Crippen molar-refractivity contribution < 1.29 is 4.21 Å². The van der Waals surface area contributed by atoms with E-state index in [4.69, 9.17) is 0 Å². The molecule has 2 saturated carbocycles. The highest BCUT2D eigenvalue weighted by Gasteiger charge is 2.28. The highest BCUT2D eigenvalue weighted by atomic mass is 32.2. The van der Waals surface area contributed by atoms with Crippen LogP contribution in [0.15, 0.2) is 4.99 Å². The van der Waals surface area contributed by atoms with Crippen molar-refractivity contribution in [3.05, 3.63) is 0 Å². The van der Waals surface area contributed by atoms with Gasteiger partial charge in [0.05, 0.1) is 0 Å². The van der Waals surface area contributed by atoms with Gasteiger partial charge in [0.15, 0.2) is 5.96 Å². The molecule has 0 spiro atoms. The van der Waals surface area contributed by atoms with E-state index < -0.39 is 10.8 Å². The number of guanidine groups is 1. The molecule has 6 heteroatoms. The molecular formula is C17H34N4OS. The van der Waals surface area contributed by atoms with Crippen LogP contribution in [-0.2, 0) is 10.8 Å². The van der Waals surface area contributed by atoms with Crippen LogP contribution in [0.3, 0.4) is 0 Å². The number of rotatable bonds is 8. The summed E-state index contributed by atoms with van der Waals surface area (Å²) in [6.45, 7) is 7.40. The van der Waals surface area contributed by atoms with Crippen LogP contribution in [0.1, 0.15) is 52.4 Å². The minimum Gasteiger partial charge on any atom is -0.355 e. The lowest BCUT2D eigenvalue weighted by Crippen LogP contribution is -2.48. The van der Waals surface area contributed by atoms with E-state index in [2.05, 4.69) is 27.4 Å². The fraction of sp³-hybridized carbons (Fsp3) is 0.941. The van der Waals surface area contributed by atoms with Crippen molar-refractivity contribution >= 4 is 16.8 Å². The maximum Gasteiger partial charge on any atom is 0.191 e. The Kier molecular flexibility index (Phi) is 7.83. The van der Waals surface area contributed by atoms with Crippen LogP contribution >= 0.6 is 0 Å². The van der Waals surface area contributed by atoms with E-state index in [9.17, 15) is 4.21 Å². The smallest absolute Gasteiger partial charge is 0.191 e. The predicted molar refractivity (Wildman–Crippen MR) is 99.5 cm³/mol. The Labute approximate surface area is 144 Å². The van der Waals surface area contributed by atoms with Gasteiger partial charge in [-0.25, -0.2) is 0 Å². The first-order valence-electron chi connectivity index (χ1n) is 9.26. The van der Waals surface area contributed by atoms with Crippen molar-refractivity contribution in [2.24, 2.45) is 4.99 Å². The summed E-state index contributed by atoms with van der Waals surface area (Å²) in [7, 11) is 1.16. The van der Waals surface area contributed by atoms with Crippen molar-refractivity contribution in [1.82, 2.24) is 15.5 Å². The Morgan fingerprint density at radius 2 is 2.04 bits per heavy atom. The minimum absolute atomic E-state index is 0.356. The van der Waals surface area contributed by atoms with Crippen molar-refractivity contribution in [2.75, 3.05) is 32.4 Å². The first-order valence-corrected chi connectivity index (χ1v) is 10.6. The summed E-state index contributed by atoms with van der Waals surface area (Å²) >= 11 is 0. The predicted octanol–water partition coefficient (Wildman–Crippen LogP) is 1.72. The number of nitrogens with zero attached hydrogens (tertiary/aromatic N) is 2. The maximum absolute atomic E-state index is 12.0. The molecule has 0 aromatic carbocycles. The monoisotopic (exact) mass is 342 g/mol. The van der Waals surface area contributed by atoms with E-state index >= 15 is 0 Å². The summed E-state index contributed by atoms with van der Waals surface area (Å²) in [5.74, 6) is 1.67. The first kappa shape index (κ1) is 18.7. The molecule has 2 rings (SSSR count). The number of hydrogen-bond acceptors (Lipinski definition) is 3. The number of aliphatic imine (C=N–C) groups is 1. The van der Waals surface area contributed by atoms with Crippen molar-refractivity contribution in [3.8, 4) is 0 Å². The third-order valence-corrected chi connectivity index (χ3v) is 6.75.